The number of hydrogen-bond acceptors (Lipinski definition) is 2. The molecule has 0 fully saturated rings. The lowest BCUT2D eigenvalue weighted by Crippen LogP contribution is -2.34. The highest BCUT2D eigenvalue weighted by atomic mass is 16.5. The van der Waals surface area contributed by atoms with Gasteiger partial charge in [0.15, 0.2) is 12.5 Å². The molecule has 146 valence electrons. The number of ether oxygens (including phenoxy) is 1. The van der Waals surface area contributed by atoms with Gasteiger partial charge in [0.2, 0.25) is 0 Å². The molecule has 25 heavy (non-hydrogen) atoms. The van der Waals surface area contributed by atoms with Gasteiger partial charge in [-0.05, 0) is 6.42 Å². The van der Waals surface area contributed by atoms with Crippen LogP contribution >= 0.6 is 0 Å². The molecule has 1 heterocycles. The van der Waals surface area contributed by atoms with Crippen molar-refractivity contribution in [2.75, 3.05) is 0 Å². The van der Waals surface area contributed by atoms with Gasteiger partial charge in [0, 0.05) is 5.41 Å². The Kier molecular flexibility index (Phi) is 11.9. The van der Waals surface area contributed by atoms with Crippen molar-refractivity contribution < 1.29 is 9.53 Å². The quantitative estimate of drug-likeness (QED) is 0.286. The van der Waals surface area contributed by atoms with Crippen molar-refractivity contribution in [3.8, 4) is 0 Å². The molecule has 0 bridgehead atoms. The van der Waals surface area contributed by atoms with E-state index in [0.717, 1.165) is 6.42 Å². The summed E-state index contributed by atoms with van der Waals surface area (Å²) >= 11 is 0. The second-order valence-electron chi connectivity index (χ2n) is 8.42. The average Bonchev–Trinajstić information content (AvgIpc) is 3.02. The third-order valence-electron chi connectivity index (χ3n) is 5.49. The molecule has 3 nitrogen and oxygen atoms in total. The molecule has 1 atom stereocenters. The summed E-state index contributed by atoms with van der Waals surface area (Å²) in [6.45, 7) is 6.51. The third-order valence-corrected chi connectivity index (χ3v) is 5.49. The maximum atomic E-state index is 11.6. The molecule has 1 aliphatic rings. The second-order valence-corrected chi connectivity index (χ2v) is 8.42. The predicted octanol–water partition coefficient (Wildman–Crippen LogP) is 6.84. The van der Waals surface area contributed by atoms with Crippen molar-refractivity contribution in [2.45, 2.75) is 123 Å². The van der Waals surface area contributed by atoms with Crippen molar-refractivity contribution >= 4 is 12.3 Å². The van der Waals surface area contributed by atoms with E-state index in [0.29, 0.717) is 0 Å². The zero-order valence-corrected chi connectivity index (χ0v) is 17.0. The number of nitrogens with zero attached hydrogens (tertiary/aromatic N) is 1. The van der Waals surface area contributed by atoms with Crippen molar-refractivity contribution in [1.82, 2.24) is 0 Å². The van der Waals surface area contributed by atoms with Crippen LogP contribution in [0.2, 0.25) is 0 Å². The van der Waals surface area contributed by atoms with E-state index in [-0.39, 0.29) is 17.4 Å². The Bertz CT molecular complexity index is 376. The van der Waals surface area contributed by atoms with E-state index in [9.17, 15) is 4.79 Å². The fourth-order valence-electron chi connectivity index (χ4n) is 3.69. The molecule has 0 saturated carbocycles. The minimum Gasteiger partial charge on any atom is -0.469 e. The highest BCUT2D eigenvalue weighted by Gasteiger charge is 2.38. The smallest absolute Gasteiger partial charge is 0.290 e. The summed E-state index contributed by atoms with van der Waals surface area (Å²) in [5, 5.41) is 0. The van der Waals surface area contributed by atoms with Crippen molar-refractivity contribution in [3.63, 3.8) is 0 Å². The first kappa shape index (κ1) is 22.2. The van der Waals surface area contributed by atoms with Crippen LogP contribution in [0.1, 0.15) is 117 Å². The normalized spacial score (nSPS) is 17.2. The number of hydrogen-bond donors (Lipinski definition) is 0. The van der Waals surface area contributed by atoms with Crippen LogP contribution < -0.4 is 0 Å². The monoisotopic (exact) mass is 351 g/mol. The van der Waals surface area contributed by atoms with Gasteiger partial charge in [0.25, 0.3) is 5.91 Å². The van der Waals surface area contributed by atoms with Gasteiger partial charge >= 0.3 is 0 Å². The lowest BCUT2D eigenvalue weighted by molar-refractivity contribution is -0.127. The molecule has 0 aliphatic carbocycles. The van der Waals surface area contributed by atoms with Crippen LogP contribution in [0.5, 0.6) is 0 Å². The molecule has 1 unspecified atom stereocenters. The summed E-state index contributed by atoms with van der Waals surface area (Å²) < 4.78 is 5.36. The van der Waals surface area contributed by atoms with Crippen LogP contribution in [0.3, 0.4) is 0 Å². The Hall–Kier alpha value is -0.860. The van der Waals surface area contributed by atoms with E-state index in [2.05, 4.69) is 25.8 Å². The van der Waals surface area contributed by atoms with E-state index in [1.165, 1.54) is 96.3 Å². The predicted molar refractivity (Wildman–Crippen MR) is 107 cm³/mol. The van der Waals surface area contributed by atoms with Gasteiger partial charge in [-0.1, -0.05) is 111 Å². The molecule has 0 radical (unpaired) electrons. The summed E-state index contributed by atoms with van der Waals surface area (Å²) in [6, 6.07) is 0. The van der Waals surface area contributed by atoms with Gasteiger partial charge in [0.1, 0.15) is 0 Å². The first-order valence-corrected chi connectivity index (χ1v) is 10.8. The van der Waals surface area contributed by atoms with Gasteiger partial charge in [-0.3, -0.25) is 4.79 Å². The summed E-state index contributed by atoms with van der Waals surface area (Å²) in [7, 11) is 0. The molecule has 0 aromatic heterocycles. The van der Waals surface area contributed by atoms with Gasteiger partial charge in [-0.25, -0.2) is 0 Å². The number of aliphatic imine (C=N–C) groups is 1. The number of rotatable bonds is 16. The fraction of sp³-hybridized carbons (Fsp3) is 0.909. The molecular formula is C22H41NO2. The van der Waals surface area contributed by atoms with Crippen molar-refractivity contribution in [2.24, 2.45) is 10.4 Å². The van der Waals surface area contributed by atoms with Crippen LogP contribution in [-0.4, -0.2) is 18.4 Å². The highest BCUT2D eigenvalue weighted by Crippen LogP contribution is 2.32. The molecule has 0 saturated heterocycles. The Morgan fingerprint density at radius 3 is 1.68 bits per heavy atom. The van der Waals surface area contributed by atoms with Crippen LogP contribution in [0.4, 0.5) is 0 Å². The maximum absolute atomic E-state index is 11.6. The van der Waals surface area contributed by atoms with Crippen molar-refractivity contribution in [1.29, 1.82) is 0 Å². The fourth-order valence-corrected chi connectivity index (χ4v) is 3.69. The number of amides is 1. The number of carbonyl (C=O) groups is 1. The maximum Gasteiger partial charge on any atom is 0.290 e. The van der Waals surface area contributed by atoms with Gasteiger partial charge in [-0.2, -0.15) is 4.99 Å². The summed E-state index contributed by atoms with van der Waals surface area (Å²) in [5.41, 5.74) is -0.106. The van der Waals surface area contributed by atoms with Crippen molar-refractivity contribution in [3.05, 3.63) is 0 Å². The van der Waals surface area contributed by atoms with Crippen LogP contribution in [-0.2, 0) is 9.53 Å². The van der Waals surface area contributed by atoms with Crippen LogP contribution in [0, 0.1) is 5.41 Å². The Labute approximate surface area is 156 Å². The molecule has 0 aromatic rings. The average molecular weight is 352 g/mol. The molecule has 0 aromatic carbocycles. The molecule has 0 spiro atoms. The van der Waals surface area contributed by atoms with E-state index in [1.807, 2.05) is 0 Å². The molecule has 1 aliphatic heterocycles. The first-order valence-electron chi connectivity index (χ1n) is 10.8. The van der Waals surface area contributed by atoms with E-state index >= 15 is 0 Å². The van der Waals surface area contributed by atoms with E-state index in [1.54, 1.807) is 0 Å². The number of unbranched alkanes of at least 4 members (excludes halogenated alkanes) is 13. The minimum atomic E-state index is -0.366. The largest absolute Gasteiger partial charge is 0.469 e. The molecule has 3 heteroatoms. The summed E-state index contributed by atoms with van der Waals surface area (Å²) in [6.07, 6.45) is 21.2. The van der Waals surface area contributed by atoms with Crippen LogP contribution in [0.15, 0.2) is 4.99 Å². The molecule has 1 amide bonds. The second kappa shape index (κ2) is 13.4. The number of carbonyl (C=O) groups excluding carboxylic acids is 1. The Morgan fingerprint density at radius 1 is 0.840 bits per heavy atom. The van der Waals surface area contributed by atoms with Crippen LogP contribution in [0.25, 0.3) is 0 Å². The van der Waals surface area contributed by atoms with Gasteiger partial charge < -0.3 is 4.74 Å². The standard InChI is InChI=1S/C22H41NO2/c1-4-5-6-7-8-9-10-11-12-13-14-15-16-17-18-22(2,3)20-21(24)23-19-25-20/h19-20H,4-18H2,1-3H3. The van der Waals surface area contributed by atoms with Gasteiger partial charge in [-0.15, -0.1) is 0 Å². The topological polar surface area (TPSA) is 38.7 Å². The van der Waals surface area contributed by atoms with E-state index < -0.39 is 0 Å². The minimum absolute atomic E-state index is 0.106. The SMILES string of the molecule is CCCCCCCCCCCCCCCCC(C)(C)C1OC=NC1=O. The Morgan fingerprint density at radius 2 is 1.28 bits per heavy atom. The molecular weight excluding hydrogens is 310 g/mol. The zero-order chi connectivity index (χ0) is 18.4. The highest BCUT2D eigenvalue weighted by molar-refractivity contribution is 5.92. The Balaban J connectivity index is 1.85. The molecule has 1 rings (SSSR count). The lowest BCUT2D eigenvalue weighted by atomic mass is 9.81. The zero-order valence-electron chi connectivity index (χ0n) is 17.0. The third kappa shape index (κ3) is 10.0. The van der Waals surface area contributed by atoms with E-state index in [4.69, 9.17) is 4.74 Å². The first-order chi connectivity index (χ1) is 12.1. The summed E-state index contributed by atoms with van der Waals surface area (Å²) in [4.78, 5) is 15.4. The van der Waals surface area contributed by atoms with Gasteiger partial charge in [0.05, 0.1) is 0 Å². The molecule has 0 N–H and O–H groups in total. The summed E-state index contributed by atoms with van der Waals surface area (Å²) in [5.74, 6) is -0.115. The lowest BCUT2D eigenvalue weighted by Gasteiger charge is -2.28.